The molecule has 2 N–H and O–H groups in total. The largest absolute Gasteiger partial charge is 0.497 e. The van der Waals surface area contributed by atoms with Gasteiger partial charge >= 0.3 is 0 Å². The Bertz CT molecular complexity index is 784. The minimum Gasteiger partial charge on any atom is -0.497 e. The summed E-state index contributed by atoms with van der Waals surface area (Å²) >= 11 is 0. The van der Waals surface area contributed by atoms with Gasteiger partial charge in [-0.05, 0) is 42.7 Å². The van der Waals surface area contributed by atoms with Gasteiger partial charge < -0.3 is 15.4 Å². The van der Waals surface area contributed by atoms with E-state index in [4.69, 9.17) is 4.74 Å². The van der Waals surface area contributed by atoms with E-state index in [1.54, 1.807) is 25.3 Å². The van der Waals surface area contributed by atoms with E-state index in [-0.39, 0.29) is 29.2 Å². The highest BCUT2D eigenvalue weighted by Crippen LogP contribution is 2.17. The molecular weight excluding hydrogens is 342 g/mol. The van der Waals surface area contributed by atoms with Gasteiger partial charge in [-0.1, -0.05) is 37.5 Å². The van der Waals surface area contributed by atoms with Crippen LogP contribution in [0, 0.1) is 0 Å². The van der Waals surface area contributed by atoms with Crippen molar-refractivity contribution in [1.29, 1.82) is 0 Å². The van der Waals surface area contributed by atoms with E-state index in [1.807, 2.05) is 24.3 Å². The first-order chi connectivity index (χ1) is 13.2. The van der Waals surface area contributed by atoms with E-state index in [0.29, 0.717) is 6.54 Å². The lowest BCUT2D eigenvalue weighted by atomic mass is 9.95. The molecule has 0 bridgehead atoms. The molecule has 0 atom stereocenters. The molecule has 27 heavy (non-hydrogen) atoms. The Morgan fingerprint density at radius 3 is 2.33 bits per heavy atom. The molecule has 2 aromatic rings. The SMILES string of the molecule is COc1ccc(CNC(=O)c2cccc(C(=O)NC3CCCCC3)n2)cc1. The number of amides is 2. The standard InChI is InChI=1S/C21H25N3O3/c1-27-17-12-10-15(11-13-17)14-22-20(25)18-8-5-9-19(24-18)21(26)23-16-6-3-2-4-7-16/h5,8-13,16H,2-4,6-7,14H2,1H3,(H,22,25)(H,23,26). The Labute approximate surface area is 159 Å². The summed E-state index contributed by atoms with van der Waals surface area (Å²) in [4.78, 5) is 29.0. The summed E-state index contributed by atoms with van der Waals surface area (Å²) in [6.07, 6.45) is 5.54. The van der Waals surface area contributed by atoms with Crippen LogP contribution in [0.2, 0.25) is 0 Å². The highest BCUT2D eigenvalue weighted by Gasteiger charge is 2.18. The number of hydrogen-bond acceptors (Lipinski definition) is 4. The summed E-state index contributed by atoms with van der Waals surface area (Å²) in [5.74, 6) is 0.244. The lowest BCUT2D eigenvalue weighted by Crippen LogP contribution is -2.36. The van der Waals surface area contributed by atoms with Gasteiger partial charge in [0.05, 0.1) is 7.11 Å². The third-order valence-electron chi connectivity index (χ3n) is 4.77. The molecule has 142 valence electrons. The van der Waals surface area contributed by atoms with Gasteiger partial charge in [-0.3, -0.25) is 9.59 Å². The van der Waals surface area contributed by atoms with Crippen LogP contribution in [0.5, 0.6) is 5.75 Å². The van der Waals surface area contributed by atoms with Crippen molar-refractivity contribution in [1.82, 2.24) is 15.6 Å². The highest BCUT2D eigenvalue weighted by atomic mass is 16.5. The normalized spacial score (nSPS) is 14.4. The zero-order valence-corrected chi connectivity index (χ0v) is 15.5. The summed E-state index contributed by atoms with van der Waals surface area (Å²) in [7, 11) is 1.61. The maximum Gasteiger partial charge on any atom is 0.270 e. The van der Waals surface area contributed by atoms with Gasteiger partial charge in [-0.2, -0.15) is 0 Å². The summed E-state index contributed by atoms with van der Waals surface area (Å²) in [6.45, 7) is 0.378. The molecule has 0 spiro atoms. The number of pyridine rings is 1. The van der Waals surface area contributed by atoms with Crippen molar-refractivity contribution >= 4 is 11.8 Å². The van der Waals surface area contributed by atoms with Crippen molar-refractivity contribution in [3.63, 3.8) is 0 Å². The second-order valence-electron chi connectivity index (χ2n) is 6.75. The fraction of sp³-hybridized carbons (Fsp3) is 0.381. The average molecular weight is 367 g/mol. The van der Waals surface area contributed by atoms with Gasteiger partial charge in [0.15, 0.2) is 0 Å². The maximum atomic E-state index is 12.4. The summed E-state index contributed by atoms with van der Waals surface area (Å²) in [6, 6.07) is 12.6. The van der Waals surface area contributed by atoms with Crippen LogP contribution in [0.25, 0.3) is 0 Å². The van der Waals surface area contributed by atoms with Crippen LogP contribution in [-0.2, 0) is 6.54 Å². The van der Waals surface area contributed by atoms with Gasteiger partial charge in [-0.15, -0.1) is 0 Å². The lowest BCUT2D eigenvalue weighted by molar-refractivity contribution is 0.0922. The topological polar surface area (TPSA) is 80.3 Å². The molecule has 1 aromatic heterocycles. The number of nitrogens with zero attached hydrogens (tertiary/aromatic N) is 1. The van der Waals surface area contributed by atoms with Gasteiger partial charge in [0.2, 0.25) is 0 Å². The second kappa shape index (κ2) is 9.16. The Kier molecular flexibility index (Phi) is 6.41. The summed E-state index contributed by atoms with van der Waals surface area (Å²) in [5, 5.41) is 5.85. The number of hydrogen-bond donors (Lipinski definition) is 2. The first-order valence-electron chi connectivity index (χ1n) is 9.35. The molecule has 6 nitrogen and oxygen atoms in total. The van der Waals surface area contributed by atoms with E-state index in [1.165, 1.54) is 6.42 Å². The van der Waals surface area contributed by atoms with E-state index < -0.39 is 0 Å². The van der Waals surface area contributed by atoms with Crippen LogP contribution >= 0.6 is 0 Å². The Hall–Kier alpha value is -2.89. The van der Waals surface area contributed by atoms with Crippen molar-refractivity contribution in [3.8, 4) is 5.75 Å². The van der Waals surface area contributed by atoms with E-state index in [0.717, 1.165) is 37.0 Å². The number of methoxy groups -OCH3 is 1. The van der Waals surface area contributed by atoms with Crippen LogP contribution < -0.4 is 15.4 Å². The van der Waals surface area contributed by atoms with Crippen LogP contribution in [0.1, 0.15) is 58.6 Å². The van der Waals surface area contributed by atoms with Crippen LogP contribution in [0.3, 0.4) is 0 Å². The first kappa shape index (κ1) is 18.9. The Morgan fingerprint density at radius 1 is 1.00 bits per heavy atom. The molecule has 1 saturated carbocycles. The maximum absolute atomic E-state index is 12.4. The Balaban J connectivity index is 1.58. The third-order valence-corrected chi connectivity index (χ3v) is 4.77. The fourth-order valence-electron chi connectivity index (χ4n) is 3.21. The van der Waals surface area contributed by atoms with Crippen molar-refractivity contribution in [2.24, 2.45) is 0 Å². The van der Waals surface area contributed by atoms with Gasteiger partial charge in [-0.25, -0.2) is 4.98 Å². The van der Waals surface area contributed by atoms with Crippen molar-refractivity contribution in [2.45, 2.75) is 44.7 Å². The number of aromatic nitrogens is 1. The number of nitrogens with one attached hydrogen (secondary N) is 2. The fourth-order valence-corrected chi connectivity index (χ4v) is 3.21. The van der Waals surface area contributed by atoms with Crippen molar-refractivity contribution in [2.75, 3.05) is 7.11 Å². The van der Waals surface area contributed by atoms with Crippen LogP contribution in [0.15, 0.2) is 42.5 Å². The minimum absolute atomic E-state index is 0.209. The molecule has 0 aliphatic heterocycles. The molecule has 1 heterocycles. The van der Waals surface area contributed by atoms with Gasteiger partial charge in [0.1, 0.15) is 17.1 Å². The quantitative estimate of drug-likeness (QED) is 0.822. The zero-order valence-electron chi connectivity index (χ0n) is 15.5. The molecule has 3 rings (SSSR count). The van der Waals surface area contributed by atoms with Gasteiger partial charge in [0.25, 0.3) is 11.8 Å². The number of carbonyl (C=O) groups excluding carboxylic acids is 2. The van der Waals surface area contributed by atoms with E-state index in [9.17, 15) is 9.59 Å². The van der Waals surface area contributed by atoms with Crippen LogP contribution in [0.4, 0.5) is 0 Å². The molecule has 1 fully saturated rings. The molecule has 1 aliphatic rings. The summed E-state index contributed by atoms with van der Waals surface area (Å²) < 4.78 is 5.12. The highest BCUT2D eigenvalue weighted by molar-refractivity contribution is 5.96. The number of rotatable bonds is 6. The predicted octanol–water partition coefficient (Wildman–Crippen LogP) is 3.08. The lowest BCUT2D eigenvalue weighted by Gasteiger charge is -2.22. The molecule has 2 amide bonds. The van der Waals surface area contributed by atoms with E-state index in [2.05, 4.69) is 15.6 Å². The number of carbonyl (C=O) groups is 2. The van der Waals surface area contributed by atoms with E-state index >= 15 is 0 Å². The smallest absolute Gasteiger partial charge is 0.270 e. The molecular formula is C21H25N3O3. The third kappa shape index (κ3) is 5.29. The van der Waals surface area contributed by atoms with Crippen molar-refractivity contribution < 1.29 is 14.3 Å². The molecule has 0 radical (unpaired) electrons. The predicted molar refractivity (Wildman–Crippen MR) is 103 cm³/mol. The number of benzene rings is 1. The zero-order chi connectivity index (χ0) is 19.1. The first-order valence-corrected chi connectivity index (χ1v) is 9.35. The second-order valence-corrected chi connectivity index (χ2v) is 6.75. The van der Waals surface area contributed by atoms with Crippen molar-refractivity contribution in [3.05, 3.63) is 59.4 Å². The molecule has 1 aromatic carbocycles. The molecule has 6 heteroatoms. The molecule has 0 saturated heterocycles. The molecule has 0 unspecified atom stereocenters. The number of ether oxygens (including phenoxy) is 1. The Morgan fingerprint density at radius 2 is 1.67 bits per heavy atom. The minimum atomic E-state index is -0.307. The monoisotopic (exact) mass is 367 g/mol. The summed E-state index contributed by atoms with van der Waals surface area (Å²) in [5.41, 5.74) is 1.47. The molecule has 1 aliphatic carbocycles. The van der Waals surface area contributed by atoms with Gasteiger partial charge in [0, 0.05) is 12.6 Å². The average Bonchev–Trinajstić information content (AvgIpc) is 2.73. The van der Waals surface area contributed by atoms with Crippen LogP contribution in [-0.4, -0.2) is 29.9 Å².